The number of carbonyl (C=O) groups is 2. The van der Waals surface area contributed by atoms with Gasteiger partial charge in [0.05, 0.1) is 29.6 Å². The molecule has 1 amide bonds. The first kappa shape index (κ1) is 19.2. The van der Waals surface area contributed by atoms with E-state index in [0.717, 1.165) is 17.0 Å². The summed E-state index contributed by atoms with van der Waals surface area (Å²) in [6.45, 7) is 1.89. The molecule has 1 aromatic rings. The maximum absolute atomic E-state index is 12.0. The number of halogens is 1. The van der Waals surface area contributed by atoms with Gasteiger partial charge in [0, 0.05) is 6.54 Å². The van der Waals surface area contributed by atoms with Crippen LogP contribution >= 0.6 is 11.6 Å². The van der Waals surface area contributed by atoms with Gasteiger partial charge in [-0.3, -0.25) is 9.10 Å². The van der Waals surface area contributed by atoms with Gasteiger partial charge >= 0.3 is 5.97 Å². The minimum atomic E-state index is -3.77. The molecule has 0 unspecified atom stereocenters. The fraction of sp³-hybridized carbons (Fsp3) is 0.429. The number of amides is 1. The number of hydrogen-bond donors (Lipinski definition) is 1. The predicted molar refractivity (Wildman–Crippen MR) is 88.3 cm³/mol. The number of ether oxygens (including phenoxy) is 1. The summed E-state index contributed by atoms with van der Waals surface area (Å²) in [6.07, 6.45) is 1.68. The van der Waals surface area contributed by atoms with Crippen molar-refractivity contribution in [3.05, 3.63) is 28.8 Å². The lowest BCUT2D eigenvalue weighted by Gasteiger charge is -2.23. The van der Waals surface area contributed by atoms with Gasteiger partial charge in [-0.1, -0.05) is 18.5 Å². The molecule has 0 aliphatic rings. The molecule has 0 fully saturated rings. The molecule has 0 saturated heterocycles. The van der Waals surface area contributed by atoms with Gasteiger partial charge in [-0.2, -0.15) is 0 Å². The Morgan fingerprint density at radius 2 is 2.00 bits per heavy atom. The Kier molecular flexibility index (Phi) is 6.83. The molecule has 128 valence electrons. The summed E-state index contributed by atoms with van der Waals surface area (Å²) in [5.74, 6) is -1.09. The molecule has 9 heteroatoms. The fourth-order valence-electron chi connectivity index (χ4n) is 1.78. The summed E-state index contributed by atoms with van der Waals surface area (Å²) in [4.78, 5) is 23.5. The quantitative estimate of drug-likeness (QED) is 0.740. The number of nitrogens with zero attached hydrogens (tertiary/aromatic N) is 1. The second-order valence-electron chi connectivity index (χ2n) is 4.78. The van der Waals surface area contributed by atoms with Crippen LogP contribution in [0.15, 0.2) is 18.2 Å². The van der Waals surface area contributed by atoms with Gasteiger partial charge in [0.2, 0.25) is 15.9 Å². The van der Waals surface area contributed by atoms with Crippen LogP contribution < -0.4 is 9.62 Å². The highest BCUT2D eigenvalue weighted by molar-refractivity contribution is 7.92. The Hall–Kier alpha value is -1.80. The van der Waals surface area contributed by atoms with Crippen molar-refractivity contribution in [3.8, 4) is 0 Å². The smallest absolute Gasteiger partial charge is 0.337 e. The van der Waals surface area contributed by atoms with Crippen molar-refractivity contribution in [1.82, 2.24) is 5.32 Å². The molecule has 1 aromatic carbocycles. The molecule has 23 heavy (non-hydrogen) atoms. The largest absolute Gasteiger partial charge is 0.465 e. The van der Waals surface area contributed by atoms with E-state index in [0.29, 0.717) is 6.54 Å². The number of rotatable bonds is 7. The van der Waals surface area contributed by atoms with Gasteiger partial charge in [-0.05, 0) is 24.6 Å². The molecule has 0 radical (unpaired) electrons. The zero-order valence-electron chi connectivity index (χ0n) is 13.1. The average molecular weight is 363 g/mol. The van der Waals surface area contributed by atoms with Crippen LogP contribution in [-0.4, -0.2) is 46.7 Å². The van der Waals surface area contributed by atoms with Gasteiger partial charge in [0.25, 0.3) is 0 Å². The molecule has 0 saturated carbocycles. The highest BCUT2D eigenvalue weighted by Gasteiger charge is 2.24. The summed E-state index contributed by atoms with van der Waals surface area (Å²) < 4.78 is 29.5. The minimum Gasteiger partial charge on any atom is -0.465 e. The van der Waals surface area contributed by atoms with Gasteiger partial charge in [-0.15, -0.1) is 0 Å². The third-order valence-corrected chi connectivity index (χ3v) is 4.34. The third-order valence-electron chi connectivity index (χ3n) is 2.90. The van der Waals surface area contributed by atoms with Crippen LogP contribution in [-0.2, 0) is 19.6 Å². The van der Waals surface area contributed by atoms with Crippen molar-refractivity contribution in [2.45, 2.75) is 13.3 Å². The maximum atomic E-state index is 12.0. The van der Waals surface area contributed by atoms with Gasteiger partial charge in [-0.25, -0.2) is 13.2 Å². The van der Waals surface area contributed by atoms with Crippen molar-refractivity contribution in [1.29, 1.82) is 0 Å². The second-order valence-corrected chi connectivity index (χ2v) is 7.09. The van der Waals surface area contributed by atoms with E-state index in [9.17, 15) is 18.0 Å². The Bertz CT molecular complexity index is 690. The molecular formula is C14H19ClN2O5S. The lowest BCUT2D eigenvalue weighted by Crippen LogP contribution is -2.40. The van der Waals surface area contributed by atoms with Gasteiger partial charge in [0.15, 0.2) is 0 Å². The topological polar surface area (TPSA) is 92.8 Å². The first-order valence-electron chi connectivity index (χ1n) is 6.83. The molecule has 0 heterocycles. The Morgan fingerprint density at radius 1 is 1.35 bits per heavy atom. The SMILES string of the molecule is CCCNC(=O)CN(c1cc(C(=O)OC)ccc1Cl)S(C)(=O)=O. The molecule has 1 N–H and O–H groups in total. The van der Waals surface area contributed by atoms with Crippen molar-refractivity contribution in [2.75, 3.05) is 30.8 Å². The van der Waals surface area contributed by atoms with Crippen LogP contribution in [0.2, 0.25) is 5.02 Å². The molecular weight excluding hydrogens is 344 g/mol. The second kappa shape index (κ2) is 8.16. The molecule has 0 spiro atoms. The van der Waals surface area contributed by atoms with Crippen LogP contribution in [0.5, 0.6) is 0 Å². The zero-order valence-corrected chi connectivity index (χ0v) is 14.7. The number of hydrogen-bond acceptors (Lipinski definition) is 5. The van der Waals surface area contributed by atoms with Crippen LogP contribution in [0.1, 0.15) is 23.7 Å². The number of methoxy groups -OCH3 is 1. The van der Waals surface area contributed by atoms with Crippen LogP contribution in [0.25, 0.3) is 0 Å². The zero-order chi connectivity index (χ0) is 17.6. The number of carbonyl (C=O) groups excluding carboxylic acids is 2. The van der Waals surface area contributed by atoms with E-state index in [1.807, 2.05) is 6.92 Å². The monoisotopic (exact) mass is 362 g/mol. The molecule has 7 nitrogen and oxygen atoms in total. The van der Waals surface area contributed by atoms with E-state index in [4.69, 9.17) is 11.6 Å². The van der Waals surface area contributed by atoms with Crippen LogP contribution in [0.4, 0.5) is 5.69 Å². The Balaban J connectivity index is 3.22. The third kappa shape index (κ3) is 5.40. The van der Waals surface area contributed by atoms with Gasteiger partial charge < -0.3 is 10.1 Å². The summed E-state index contributed by atoms with van der Waals surface area (Å²) in [5, 5.41) is 2.70. The van der Waals surface area contributed by atoms with Crippen molar-refractivity contribution >= 4 is 39.2 Å². The lowest BCUT2D eigenvalue weighted by molar-refractivity contribution is -0.119. The molecule has 0 aromatic heterocycles. The maximum Gasteiger partial charge on any atom is 0.337 e. The van der Waals surface area contributed by atoms with E-state index >= 15 is 0 Å². The highest BCUT2D eigenvalue weighted by atomic mass is 35.5. The Labute approximate surface area is 140 Å². The molecule has 1 rings (SSSR count). The number of sulfonamides is 1. The molecule has 0 aliphatic carbocycles. The lowest BCUT2D eigenvalue weighted by atomic mass is 10.2. The first-order chi connectivity index (χ1) is 10.7. The van der Waals surface area contributed by atoms with Crippen LogP contribution in [0, 0.1) is 0 Å². The first-order valence-corrected chi connectivity index (χ1v) is 9.05. The molecule has 0 bridgehead atoms. The normalized spacial score (nSPS) is 11.0. The van der Waals surface area contributed by atoms with E-state index < -0.39 is 28.4 Å². The number of benzene rings is 1. The van der Waals surface area contributed by atoms with E-state index in [-0.39, 0.29) is 16.3 Å². The van der Waals surface area contributed by atoms with E-state index in [1.165, 1.54) is 25.3 Å². The standard InChI is InChI=1S/C14H19ClN2O5S/c1-4-7-16-13(18)9-17(23(3,20)21)12-8-10(14(19)22-2)5-6-11(12)15/h5-6,8H,4,7,9H2,1-3H3,(H,16,18). The molecule has 0 atom stereocenters. The summed E-state index contributed by atoms with van der Waals surface area (Å²) >= 11 is 6.04. The van der Waals surface area contributed by atoms with E-state index in [2.05, 4.69) is 10.1 Å². The van der Waals surface area contributed by atoms with Gasteiger partial charge in [0.1, 0.15) is 6.54 Å². The fourth-order valence-corrected chi connectivity index (χ4v) is 2.91. The van der Waals surface area contributed by atoms with Crippen LogP contribution in [0.3, 0.4) is 0 Å². The predicted octanol–water partition coefficient (Wildman–Crippen LogP) is 1.42. The minimum absolute atomic E-state index is 0.0451. The number of esters is 1. The summed E-state index contributed by atoms with van der Waals surface area (Å²) in [7, 11) is -2.56. The van der Waals surface area contributed by atoms with Crippen molar-refractivity contribution in [2.24, 2.45) is 0 Å². The van der Waals surface area contributed by atoms with Crippen molar-refractivity contribution < 1.29 is 22.7 Å². The average Bonchev–Trinajstić information content (AvgIpc) is 2.49. The molecule has 0 aliphatic heterocycles. The Morgan fingerprint density at radius 3 is 2.52 bits per heavy atom. The highest BCUT2D eigenvalue weighted by Crippen LogP contribution is 2.29. The number of nitrogens with one attached hydrogen (secondary N) is 1. The van der Waals surface area contributed by atoms with Crippen molar-refractivity contribution in [3.63, 3.8) is 0 Å². The number of anilines is 1. The summed E-state index contributed by atoms with van der Waals surface area (Å²) in [5.41, 5.74) is 0.179. The van der Waals surface area contributed by atoms with E-state index in [1.54, 1.807) is 0 Å². The summed E-state index contributed by atoms with van der Waals surface area (Å²) in [6, 6.07) is 4.07.